The van der Waals surface area contributed by atoms with E-state index in [2.05, 4.69) is 31.2 Å². The zero-order chi connectivity index (χ0) is 23.6. The summed E-state index contributed by atoms with van der Waals surface area (Å²) in [7, 11) is -3.24. The van der Waals surface area contributed by atoms with E-state index in [0.717, 1.165) is 27.6 Å². The van der Waals surface area contributed by atoms with Crippen LogP contribution >= 0.6 is 7.14 Å². The first-order valence-electron chi connectivity index (χ1n) is 11.6. The number of ether oxygens (including phenoxy) is 2. The van der Waals surface area contributed by atoms with E-state index < -0.39 is 7.14 Å². The second-order valence-corrected chi connectivity index (χ2v) is 11.6. The van der Waals surface area contributed by atoms with Crippen molar-refractivity contribution in [2.45, 2.75) is 6.92 Å². The number of fused-ring (bicyclic) bond motifs is 4. The molecule has 0 bridgehead atoms. The van der Waals surface area contributed by atoms with Gasteiger partial charge in [-0.2, -0.15) is 0 Å². The molecule has 0 radical (unpaired) electrons. The second-order valence-electron chi connectivity index (χ2n) is 8.97. The van der Waals surface area contributed by atoms with Gasteiger partial charge in [0.05, 0.1) is 10.6 Å². The molecule has 0 aromatic heterocycles. The highest BCUT2D eigenvalue weighted by atomic mass is 31.2. The van der Waals surface area contributed by atoms with E-state index in [1.165, 1.54) is 5.56 Å². The van der Waals surface area contributed by atoms with E-state index in [9.17, 15) is 0 Å². The lowest BCUT2D eigenvalue weighted by Crippen LogP contribution is -2.35. The van der Waals surface area contributed by atoms with Crippen LogP contribution in [0.1, 0.15) is 5.56 Å². The standard InChI is InChI=1S/C31H21O3P/c1-20-9-5-6-12-24(20)22-15-16-26-30(19-22)35(32)29-14-8-7-13-25(29)33-27-17-23(18-28(34-26)31(27)35)21-10-3-2-4-11-21/h2-19H,1H3. The van der Waals surface area contributed by atoms with Crippen molar-refractivity contribution in [1.82, 2.24) is 0 Å². The summed E-state index contributed by atoms with van der Waals surface area (Å²) in [5.41, 5.74) is 5.33. The lowest BCUT2D eigenvalue weighted by Gasteiger charge is -2.35. The molecular weight excluding hydrogens is 451 g/mol. The van der Waals surface area contributed by atoms with Gasteiger partial charge >= 0.3 is 0 Å². The molecule has 0 fully saturated rings. The van der Waals surface area contributed by atoms with Gasteiger partial charge in [0, 0.05) is 0 Å². The number of hydrogen-bond donors (Lipinski definition) is 0. The molecule has 2 aliphatic rings. The third-order valence-electron chi connectivity index (χ3n) is 6.86. The van der Waals surface area contributed by atoms with Crippen LogP contribution in [0.2, 0.25) is 0 Å². The Morgan fingerprint density at radius 3 is 1.97 bits per heavy atom. The van der Waals surface area contributed by atoms with Gasteiger partial charge in [0.25, 0.3) is 0 Å². The van der Waals surface area contributed by atoms with Gasteiger partial charge in [-0.1, -0.05) is 72.8 Å². The van der Waals surface area contributed by atoms with E-state index >= 15 is 4.57 Å². The summed E-state index contributed by atoms with van der Waals surface area (Å²) < 4.78 is 28.1. The van der Waals surface area contributed by atoms with Crippen LogP contribution in [0.4, 0.5) is 0 Å². The third-order valence-corrected chi connectivity index (χ3v) is 10.0. The summed E-state index contributed by atoms with van der Waals surface area (Å²) in [5, 5.41) is 2.08. The first-order valence-corrected chi connectivity index (χ1v) is 13.3. The number of benzene rings is 5. The summed E-state index contributed by atoms with van der Waals surface area (Å²) in [6.07, 6.45) is 0. The van der Waals surface area contributed by atoms with Gasteiger partial charge in [-0.25, -0.2) is 0 Å². The maximum atomic E-state index is 15.3. The van der Waals surface area contributed by atoms with Crippen molar-refractivity contribution >= 4 is 23.1 Å². The van der Waals surface area contributed by atoms with E-state index in [-0.39, 0.29) is 0 Å². The van der Waals surface area contributed by atoms with Crippen molar-refractivity contribution < 1.29 is 14.0 Å². The first-order chi connectivity index (χ1) is 17.1. The van der Waals surface area contributed by atoms with E-state index in [1.807, 2.05) is 84.9 Å². The van der Waals surface area contributed by atoms with Gasteiger partial charge in [0.15, 0.2) is 7.14 Å². The van der Waals surface area contributed by atoms with Crippen molar-refractivity contribution in [3.05, 3.63) is 115 Å². The van der Waals surface area contributed by atoms with Crippen molar-refractivity contribution in [3.8, 4) is 45.3 Å². The van der Waals surface area contributed by atoms with Crippen LogP contribution in [0.25, 0.3) is 22.3 Å². The molecule has 0 aliphatic carbocycles. The van der Waals surface area contributed by atoms with Crippen molar-refractivity contribution in [2.24, 2.45) is 0 Å². The van der Waals surface area contributed by atoms with Crippen LogP contribution in [0.15, 0.2) is 109 Å². The Morgan fingerprint density at radius 2 is 1.20 bits per heavy atom. The fourth-order valence-electron chi connectivity index (χ4n) is 5.17. The fraction of sp³-hybridized carbons (Fsp3) is 0.0323. The smallest absolute Gasteiger partial charge is 0.185 e. The number of para-hydroxylation sites is 1. The Morgan fingerprint density at radius 1 is 0.543 bits per heavy atom. The maximum Gasteiger partial charge on any atom is 0.185 e. The maximum absolute atomic E-state index is 15.3. The molecule has 3 nitrogen and oxygen atoms in total. The molecule has 2 heterocycles. The van der Waals surface area contributed by atoms with Crippen LogP contribution in [-0.4, -0.2) is 0 Å². The molecule has 0 saturated carbocycles. The Labute approximate surface area is 204 Å². The lowest BCUT2D eigenvalue weighted by atomic mass is 10.0. The molecular formula is C31H21O3P. The highest BCUT2D eigenvalue weighted by molar-refractivity contribution is 7.86. The van der Waals surface area contributed by atoms with E-state index in [4.69, 9.17) is 9.47 Å². The number of aryl methyl sites for hydroxylation is 1. The molecule has 5 aromatic carbocycles. The predicted octanol–water partition coefficient (Wildman–Crippen LogP) is 7.18. The topological polar surface area (TPSA) is 35.5 Å². The van der Waals surface area contributed by atoms with Gasteiger partial charge in [-0.3, -0.25) is 0 Å². The Hall–Kier alpha value is -4.07. The SMILES string of the molecule is Cc1ccccc1-c1ccc2c(c1)P1(=O)c3ccccc3Oc3cc(-c4ccccc4)cc(c31)O2. The van der Waals surface area contributed by atoms with Crippen LogP contribution in [0, 0.1) is 6.92 Å². The average molecular weight is 472 g/mol. The highest BCUT2D eigenvalue weighted by Crippen LogP contribution is 2.59. The quantitative estimate of drug-likeness (QED) is 0.250. The minimum Gasteiger partial charge on any atom is -0.456 e. The van der Waals surface area contributed by atoms with E-state index in [0.29, 0.717) is 33.6 Å². The molecule has 1 atom stereocenters. The molecule has 5 aromatic rings. The summed E-state index contributed by atoms with van der Waals surface area (Å²) in [4.78, 5) is 0. The van der Waals surface area contributed by atoms with Crippen LogP contribution < -0.4 is 25.4 Å². The minimum absolute atomic E-state index is 0.593. The van der Waals surface area contributed by atoms with Gasteiger partial charge in [0.2, 0.25) is 0 Å². The van der Waals surface area contributed by atoms with Gasteiger partial charge < -0.3 is 14.0 Å². The molecule has 7 rings (SSSR count). The zero-order valence-electron chi connectivity index (χ0n) is 19.1. The molecule has 168 valence electrons. The molecule has 1 unspecified atom stereocenters. The average Bonchev–Trinajstić information content (AvgIpc) is 2.89. The van der Waals surface area contributed by atoms with Crippen LogP contribution in [0.3, 0.4) is 0 Å². The molecule has 2 aliphatic heterocycles. The normalized spacial score (nSPS) is 16.8. The Balaban J connectivity index is 1.51. The predicted molar refractivity (Wildman–Crippen MR) is 142 cm³/mol. The van der Waals surface area contributed by atoms with Crippen molar-refractivity contribution in [3.63, 3.8) is 0 Å². The summed E-state index contributed by atoms with van der Waals surface area (Å²) in [6.45, 7) is 2.09. The second kappa shape index (κ2) is 7.46. The highest BCUT2D eigenvalue weighted by Gasteiger charge is 2.46. The molecule has 0 N–H and O–H groups in total. The van der Waals surface area contributed by atoms with Gasteiger partial charge in [-0.05, 0) is 71.1 Å². The van der Waals surface area contributed by atoms with Crippen LogP contribution in [-0.2, 0) is 4.57 Å². The molecule has 4 heteroatoms. The summed E-state index contributed by atoms with van der Waals surface area (Å²) in [5.74, 6) is 2.45. The molecule has 0 spiro atoms. The lowest BCUT2D eigenvalue weighted by molar-refractivity contribution is 0.462. The van der Waals surface area contributed by atoms with Crippen molar-refractivity contribution in [2.75, 3.05) is 0 Å². The fourth-order valence-corrected chi connectivity index (χ4v) is 8.23. The van der Waals surface area contributed by atoms with Gasteiger partial charge in [0.1, 0.15) is 28.3 Å². The van der Waals surface area contributed by atoms with Crippen LogP contribution in [0.5, 0.6) is 23.0 Å². The van der Waals surface area contributed by atoms with E-state index in [1.54, 1.807) is 0 Å². The third kappa shape index (κ3) is 2.95. The Bertz CT molecular complexity index is 1670. The molecule has 0 saturated heterocycles. The molecule has 0 amide bonds. The largest absolute Gasteiger partial charge is 0.456 e. The van der Waals surface area contributed by atoms with Crippen molar-refractivity contribution in [1.29, 1.82) is 0 Å². The molecule has 35 heavy (non-hydrogen) atoms. The first kappa shape index (κ1) is 20.3. The number of hydrogen-bond acceptors (Lipinski definition) is 3. The summed E-state index contributed by atoms with van der Waals surface area (Å²) in [6, 6.07) is 36.0. The zero-order valence-corrected chi connectivity index (χ0v) is 20.0. The minimum atomic E-state index is -3.24. The Kier molecular flexibility index (Phi) is 4.33. The monoisotopic (exact) mass is 472 g/mol. The number of rotatable bonds is 2. The van der Waals surface area contributed by atoms with Gasteiger partial charge in [-0.15, -0.1) is 0 Å². The summed E-state index contributed by atoms with van der Waals surface area (Å²) >= 11 is 0.